The number of hydrogen-bond donors (Lipinski definition) is 0. The minimum absolute atomic E-state index is 0. The smallest absolute Gasteiger partial charge is 1.00 e. The molecule has 1 aliphatic heterocycles. The molecule has 2 aliphatic carbocycles. The monoisotopic (exact) mass is 556 g/mol. The molecule has 1 aromatic rings. The van der Waals surface area contributed by atoms with Gasteiger partial charge in [0, 0.05) is 8.07 Å². The fourth-order valence-electron chi connectivity index (χ4n) is 3.86. The Morgan fingerprint density at radius 3 is 2.44 bits per heavy atom. The Morgan fingerprint density at radius 1 is 1.16 bits per heavy atom. The minimum Gasteiger partial charge on any atom is -1.00 e. The van der Waals surface area contributed by atoms with Crippen molar-refractivity contribution in [3.63, 3.8) is 0 Å². The van der Waals surface area contributed by atoms with E-state index in [-0.39, 0.29) is 50.7 Å². The molecular weight excluding hydrogens is 530 g/mol. The molecule has 1 atom stereocenters. The summed E-state index contributed by atoms with van der Waals surface area (Å²) in [6.07, 6.45) is 20.2. The third kappa shape index (κ3) is 6.06. The van der Waals surface area contributed by atoms with Crippen LogP contribution in [-0.4, -0.2) is 8.07 Å². The standard InChI is InChI=1S/C16H21Si.C5H5.2ClH.Hf/c1-2-3-11-17(12-6-13-17)16-10-9-14-7-4-5-8-15(14)16;1-2-4-5-3-1;;;/h4-5,7-9,16H,2-3,6,11-13H2,1H3;1-3H,4H2;2*1H;/q2*-1;;;+4/p-2. The summed E-state index contributed by atoms with van der Waals surface area (Å²) in [5.41, 5.74) is 3.75. The molecule has 0 nitrogen and oxygen atoms in total. The predicted molar refractivity (Wildman–Crippen MR) is 98.2 cm³/mol. The van der Waals surface area contributed by atoms with Crippen molar-refractivity contribution in [2.75, 3.05) is 0 Å². The van der Waals surface area contributed by atoms with E-state index < -0.39 is 8.07 Å². The van der Waals surface area contributed by atoms with Gasteiger partial charge in [-0.15, -0.1) is 18.1 Å². The quantitative estimate of drug-likeness (QED) is 0.366. The third-order valence-corrected chi connectivity index (χ3v) is 11.0. The van der Waals surface area contributed by atoms with E-state index in [1.54, 1.807) is 17.7 Å². The van der Waals surface area contributed by atoms with Crippen LogP contribution in [0.5, 0.6) is 0 Å². The molecular formula is C21H26Cl2HfSi. The Hall–Kier alpha value is 0.107. The zero-order valence-corrected chi connectivity index (χ0v) is 21.0. The van der Waals surface area contributed by atoms with Gasteiger partial charge in [-0.25, -0.2) is 18.2 Å². The first-order chi connectivity index (χ1) is 10.9. The summed E-state index contributed by atoms with van der Waals surface area (Å²) in [5, 5.41) is 0. The maximum atomic E-state index is 3.71. The maximum Gasteiger partial charge on any atom is 4.00 e. The van der Waals surface area contributed by atoms with Gasteiger partial charge in [0.15, 0.2) is 0 Å². The summed E-state index contributed by atoms with van der Waals surface area (Å²) in [6, 6.07) is 13.6. The second-order valence-corrected chi connectivity index (χ2v) is 11.5. The average molecular weight is 556 g/mol. The number of fused-ring (bicyclic) bond motifs is 1. The number of unbranched alkanes of at least 4 members (excludes halogenated alkanes) is 1. The maximum absolute atomic E-state index is 3.71. The van der Waals surface area contributed by atoms with E-state index >= 15 is 0 Å². The van der Waals surface area contributed by atoms with Crippen molar-refractivity contribution in [3.05, 3.63) is 65.8 Å². The first-order valence-electron chi connectivity index (χ1n) is 8.76. The van der Waals surface area contributed by atoms with Crippen molar-refractivity contribution in [2.45, 2.75) is 56.3 Å². The van der Waals surface area contributed by atoms with Crippen molar-refractivity contribution in [1.29, 1.82) is 0 Å². The Labute approximate surface area is 185 Å². The van der Waals surface area contributed by atoms with E-state index in [0.29, 0.717) is 0 Å². The molecule has 3 aliphatic rings. The van der Waals surface area contributed by atoms with Gasteiger partial charge in [0.25, 0.3) is 0 Å². The van der Waals surface area contributed by atoms with E-state index in [1.807, 2.05) is 12.2 Å². The second kappa shape index (κ2) is 12.5. The molecule has 0 spiro atoms. The van der Waals surface area contributed by atoms with Gasteiger partial charge in [-0.3, -0.25) is 12.2 Å². The fraction of sp³-hybridized carbons (Fsp3) is 0.429. The summed E-state index contributed by atoms with van der Waals surface area (Å²) < 4.78 is 0. The van der Waals surface area contributed by atoms with Crippen LogP contribution >= 0.6 is 0 Å². The van der Waals surface area contributed by atoms with E-state index in [4.69, 9.17) is 0 Å². The first kappa shape index (κ1) is 25.1. The molecule has 1 aromatic carbocycles. The Morgan fingerprint density at radius 2 is 1.92 bits per heavy atom. The van der Waals surface area contributed by atoms with Crippen LogP contribution in [0.25, 0.3) is 6.08 Å². The molecule has 25 heavy (non-hydrogen) atoms. The number of rotatable bonds is 4. The van der Waals surface area contributed by atoms with Crippen LogP contribution in [0.15, 0.2) is 42.5 Å². The number of halogens is 2. The normalized spacial score (nSPS) is 20.1. The molecule has 0 amide bonds. The molecule has 0 N–H and O–H groups in total. The van der Waals surface area contributed by atoms with Gasteiger partial charge in [0.2, 0.25) is 0 Å². The van der Waals surface area contributed by atoms with Gasteiger partial charge in [0.1, 0.15) is 0 Å². The summed E-state index contributed by atoms with van der Waals surface area (Å²) in [7, 11) is -1.02. The first-order valence-corrected chi connectivity index (χ1v) is 11.5. The van der Waals surface area contributed by atoms with Crippen molar-refractivity contribution in [1.82, 2.24) is 0 Å². The van der Waals surface area contributed by atoms with E-state index in [1.165, 1.54) is 30.9 Å². The molecule has 0 bridgehead atoms. The molecule has 0 aromatic heterocycles. The van der Waals surface area contributed by atoms with Crippen LogP contribution in [0.2, 0.25) is 18.1 Å². The van der Waals surface area contributed by atoms with Crippen molar-refractivity contribution >= 4 is 14.1 Å². The van der Waals surface area contributed by atoms with Crippen molar-refractivity contribution in [3.8, 4) is 0 Å². The van der Waals surface area contributed by atoms with Crippen molar-refractivity contribution in [2.24, 2.45) is 0 Å². The number of hydrogen-bond acceptors (Lipinski definition) is 0. The van der Waals surface area contributed by atoms with Gasteiger partial charge in [-0.05, 0) is 0 Å². The Balaban J connectivity index is 0.000000630. The third-order valence-electron chi connectivity index (χ3n) is 5.29. The molecule has 1 saturated heterocycles. The number of allylic oxidation sites excluding steroid dienone is 5. The zero-order chi connectivity index (χ0) is 15.3. The van der Waals surface area contributed by atoms with Gasteiger partial charge in [-0.2, -0.15) is 11.6 Å². The molecule has 132 valence electrons. The van der Waals surface area contributed by atoms with Gasteiger partial charge >= 0.3 is 25.8 Å². The van der Waals surface area contributed by atoms with Crippen molar-refractivity contribution < 1.29 is 50.7 Å². The molecule has 1 fully saturated rings. The Kier molecular flexibility index (Phi) is 12.5. The van der Waals surface area contributed by atoms with Gasteiger partial charge < -0.3 is 24.8 Å². The SMILES string of the molecule is CCCC[Si]1(C2[C-]=Cc3ccccc32)CCC1.[C-]1=CC=CC1.[Cl-].[Cl-].[Hf+4]. The number of benzene rings is 1. The Bertz CT molecular complexity index is 581. The summed E-state index contributed by atoms with van der Waals surface area (Å²) in [5.74, 6) is 0. The molecule has 4 heteroatoms. The largest absolute Gasteiger partial charge is 4.00 e. The summed E-state index contributed by atoms with van der Waals surface area (Å²) in [6.45, 7) is 2.32. The fourth-order valence-corrected chi connectivity index (χ4v) is 8.90. The molecule has 4 rings (SSSR count). The van der Waals surface area contributed by atoms with Crippen LogP contribution in [0.3, 0.4) is 0 Å². The topological polar surface area (TPSA) is 0 Å². The van der Waals surface area contributed by atoms with Crippen LogP contribution in [-0.2, 0) is 25.8 Å². The van der Waals surface area contributed by atoms with E-state index in [0.717, 1.165) is 12.0 Å². The molecule has 0 saturated carbocycles. The molecule has 1 unspecified atom stereocenters. The van der Waals surface area contributed by atoms with E-state index in [9.17, 15) is 0 Å². The van der Waals surface area contributed by atoms with Gasteiger partial charge in [-0.1, -0.05) is 68.1 Å². The van der Waals surface area contributed by atoms with Gasteiger partial charge in [0.05, 0.1) is 0 Å². The van der Waals surface area contributed by atoms with Crippen LogP contribution in [0.4, 0.5) is 0 Å². The van der Waals surface area contributed by atoms with Crippen LogP contribution < -0.4 is 24.8 Å². The minimum atomic E-state index is -1.02. The molecule has 0 radical (unpaired) electrons. The van der Waals surface area contributed by atoms with Crippen LogP contribution in [0, 0.1) is 12.2 Å². The second-order valence-electron chi connectivity index (χ2n) is 6.70. The summed E-state index contributed by atoms with van der Waals surface area (Å²) in [4.78, 5) is 0. The summed E-state index contributed by atoms with van der Waals surface area (Å²) >= 11 is 0. The van der Waals surface area contributed by atoms with Crippen LogP contribution in [0.1, 0.15) is 49.3 Å². The predicted octanol–water partition coefficient (Wildman–Crippen LogP) is 0.103. The van der Waals surface area contributed by atoms with E-state index in [2.05, 4.69) is 55.5 Å². The molecule has 1 heterocycles. The zero-order valence-electron chi connectivity index (χ0n) is 14.9. The average Bonchev–Trinajstić information content (AvgIpc) is 3.20.